The van der Waals surface area contributed by atoms with Gasteiger partial charge in [-0.05, 0) is 36.8 Å². The highest BCUT2D eigenvalue weighted by molar-refractivity contribution is 5.83. The number of nitrogens with one attached hydrogen (secondary N) is 1. The molecule has 2 rings (SSSR count). The van der Waals surface area contributed by atoms with Crippen molar-refractivity contribution in [3.05, 3.63) is 35.4 Å². The SMILES string of the molecule is CCC(CC)(CN)NC(=O)C1CC1c1ccc(F)cc1F. The van der Waals surface area contributed by atoms with Crippen molar-refractivity contribution in [3.8, 4) is 0 Å². The lowest BCUT2D eigenvalue weighted by Crippen LogP contribution is -2.53. The van der Waals surface area contributed by atoms with Crippen molar-refractivity contribution in [2.45, 2.75) is 44.6 Å². The van der Waals surface area contributed by atoms with Crippen molar-refractivity contribution in [2.75, 3.05) is 6.54 Å². The van der Waals surface area contributed by atoms with Crippen LogP contribution in [-0.2, 0) is 4.79 Å². The van der Waals surface area contributed by atoms with E-state index in [1.807, 2.05) is 13.8 Å². The third kappa shape index (κ3) is 3.23. The second kappa shape index (κ2) is 6.10. The summed E-state index contributed by atoms with van der Waals surface area (Å²) in [5.74, 6) is -1.66. The fourth-order valence-corrected chi connectivity index (χ4v) is 2.75. The molecule has 1 fully saturated rings. The Bertz CT molecular complexity index is 521. The molecule has 1 aliphatic carbocycles. The van der Waals surface area contributed by atoms with Crippen LogP contribution in [-0.4, -0.2) is 18.0 Å². The highest BCUT2D eigenvalue weighted by atomic mass is 19.1. The molecule has 3 N–H and O–H groups in total. The van der Waals surface area contributed by atoms with Gasteiger partial charge in [0.05, 0.1) is 5.54 Å². The van der Waals surface area contributed by atoms with Crippen LogP contribution in [0.15, 0.2) is 18.2 Å². The number of carbonyl (C=O) groups excluding carboxylic acids is 1. The Morgan fingerprint density at radius 2 is 2.05 bits per heavy atom. The van der Waals surface area contributed by atoms with E-state index in [2.05, 4.69) is 5.32 Å². The molecule has 1 saturated carbocycles. The first-order chi connectivity index (χ1) is 9.96. The summed E-state index contributed by atoms with van der Waals surface area (Å²) in [6, 6.07) is 3.53. The lowest BCUT2D eigenvalue weighted by Gasteiger charge is -2.31. The summed E-state index contributed by atoms with van der Waals surface area (Å²) in [5.41, 5.74) is 5.80. The van der Waals surface area contributed by atoms with Crippen molar-refractivity contribution < 1.29 is 13.6 Å². The van der Waals surface area contributed by atoms with E-state index in [4.69, 9.17) is 5.73 Å². The molecule has 21 heavy (non-hydrogen) atoms. The standard InChI is InChI=1S/C16H22F2N2O/c1-3-16(4-2,9-19)20-15(21)13-8-12(13)11-6-5-10(17)7-14(11)18/h5-7,12-13H,3-4,8-9,19H2,1-2H3,(H,20,21). The summed E-state index contributed by atoms with van der Waals surface area (Å²) in [4.78, 5) is 12.3. The molecule has 0 radical (unpaired) electrons. The van der Waals surface area contributed by atoms with E-state index >= 15 is 0 Å². The first-order valence-corrected chi connectivity index (χ1v) is 7.43. The first kappa shape index (κ1) is 15.9. The highest BCUT2D eigenvalue weighted by Crippen LogP contribution is 2.48. The smallest absolute Gasteiger partial charge is 0.224 e. The minimum absolute atomic E-state index is 0.0853. The van der Waals surface area contributed by atoms with Gasteiger partial charge >= 0.3 is 0 Å². The maximum absolute atomic E-state index is 13.7. The molecular formula is C16H22F2N2O. The number of amides is 1. The van der Waals surface area contributed by atoms with E-state index < -0.39 is 11.6 Å². The van der Waals surface area contributed by atoms with Crippen LogP contribution in [0.4, 0.5) is 8.78 Å². The van der Waals surface area contributed by atoms with E-state index in [0.717, 1.165) is 18.9 Å². The summed E-state index contributed by atoms with van der Waals surface area (Å²) in [7, 11) is 0. The van der Waals surface area contributed by atoms with Crippen LogP contribution in [0, 0.1) is 17.6 Å². The summed E-state index contributed by atoms with van der Waals surface area (Å²) in [5, 5.41) is 3.01. The zero-order chi connectivity index (χ0) is 15.6. The van der Waals surface area contributed by atoms with Crippen LogP contribution in [0.25, 0.3) is 0 Å². The zero-order valence-corrected chi connectivity index (χ0v) is 12.5. The summed E-state index contributed by atoms with van der Waals surface area (Å²) in [6.45, 7) is 4.36. The largest absolute Gasteiger partial charge is 0.349 e. The summed E-state index contributed by atoms with van der Waals surface area (Å²) < 4.78 is 26.6. The van der Waals surface area contributed by atoms with Gasteiger partial charge in [-0.1, -0.05) is 19.9 Å². The molecule has 1 aliphatic rings. The Morgan fingerprint density at radius 1 is 1.38 bits per heavy atom. The lowest BCUT2D eigenvalue weighted by atomic mass is 9.92. The van der Waals surface area contributed by atoms with Gasteiger partial charge in [-0.3, -0.25) is 4.79 Å². The zero-order valence-electron chi connectivity index (χ0n) is 12.5. The minimum Gasteiger partial charge on any atom is -0.349 e. The van der Waals surface area contributed by atoms with Crippen LogP contribution in [0.5, 0.6) is 0 Å². The molecule has 0 aromatic heterocycles. The van der Waals surface area contributed by atoms with E-state index in [9.17, 15) is 13.6 Å². The normalized spacial score (nSPS) is 21.2. The number of hydrogen-bond acceptors (Lipinski definition) is 2. The van der Waals surface area contributed by atoms with Gasteiger partial charge in [0, 0.05) is 18.5 Å². The molecule has 1 aromatic carbocycles. The molecule has 0 bridgehead atoms. The van der Waals surface area contributed by atoms with Crippen molar-refractivity contribution in [3.63, 3.8) is 0 Å². The average molecular weight is 296 g/mol. The molecule has 1 amide bonds. The third-order valence-electron chi connectivity index (χ3n) is 4.62. The lowest BCUT2D eigenvalue weighted by molar-refractivity contribution is -0.124. The van der Waals surface area contributed by atoms with Crippen molar-refractivity contribution in [1.82, 2.24) is 5.32 Å². The Morgan fingerprint density at radius 3 is 2.57 bits per heavy atom. The maximum atomic E-state index is 13.7. The Balaban J connectivity index is 2.04. The van der Waals surface area contributed by atoms with Crippen LogP contribution < -0.4 is 11.1 Å². The number of rotatable bonds is 6. The van der Waals surface area contributed by atoms with E-state index in [-0.39, 0.29) is 23.3 Å². The topological polar surface area (TPSA) is 55.1 Å². The van der Waals surface area contributed by atoms with Crippen molar-refractivity contribution in [1.29, 1.82) is 0 Å². The molecule has 2 atom stereocenters. The van der Waals surface area contributed by atoms with Crippen LogP contribution in [0.3, 0.4) is 0 Å². The fourth-order valence-electron chi connectivity index (χ4n) is 2.75. The monoisotopic (exact) mass is 296 g/mol. The molecular weight excluding hydrogens is 274 g/mol. The predicted octanol–water partition coefficient (Wildman–Crippen LogP) is 2.70. The van der Waals surface area contributed by atoms with Crippen LogP contribution in [0.2, 0.25) is 0 Å². The number of halogens is 2. The fraction of sp³-hybridized carbons (Fsp3) is 0.562. The maximum Gasteiger partial charge on any atom is 0.224 e. The van der Waals surface area contributed by atoms with Gasteiger partial charge in [0.2, 0.25) is 5.91 Å². The van der Waals surface area contributed by atoms with Gasteiger partial charge in [-0.25, -0.2) is 8.78 Å². The summed E-state index contributed by atoms with van der Waals surface area (Å²) >= 11 is 0. The Labute approximate surface area is 123 Å². The second-order valence-corrected chi connectivity index (χ2v) is 5.80. The number of carbonyl (C=O) groups is 1. The number of hydrogen-bond donors (Lipinski definition) is 2. The predicted molar refractivity (Wildman–Crippen MR) is 77.7 cm³/mol. The molecule has 116 valence electrons. The summed E-state index contributed by atoms with van der Waals surface area (Å²) in [6.07, 6.45) is 2.12. The van der Waals surface area contributed by atoms with Gasteiger partial charge in [0.1, 0.15) is 11.6 Å². The first-order valence-electron chi connectivity index (χ1n) is 7.43. The molecule has 3 nitrogen and oxygen atoms in total. The van der Waals surface area contributed by atoms with Crippen molar-refractivity contribution in [2.24, 2.45) is 11.7 Å². The molecule has 0 spiro atoms. The molecule has 5 heteroatoms. The van der Waals surface area contributed by atoms with E-state index in [0.29, 0.717) is 18.5 Å². The highest BCUT2D eigenvalue weighted by Gasteiger charge is 2.46. The van der Waals surface area contributed by atoms with E-state index in [1.54, 1.807) is 0 Å². The molecule has 1 aromatic rings. The van der Waals surface area contributed by atoms with Crippen LogP contribution in [0.1, 0.15) is 44.6 Å². The number of benzene rings is 1. The molecule has 0 heterocycles. The van der Waals surface area contributed by atoms with Gasteiger partial charge in [0.25, 0.3) is 0 Å². The van der Waals surface area contributed by atoms with E-state index in [1.165, 1.54) is 12.1 Å². The Kier molecular flexibility index (Phi) is 4.61. The molecule has 0 aliphatic heterocycles. The van der Waals surface area contributed by atoms with Gasteiger partial charge < -0.3 is 11.1 Å². The number of nitrogens with two attached hydrogens (primary N) is 1. The third-order valence-corrected chi connectivity index (χ3v) is 4.62. The Hall–Kier alpha value is -1.49. The minimum atomic E-state index is -0.600. The van der Waals surface area contributed by atoms with Crippen molar-refractivity contribution >= 4 is 5.91 Å². The molecule has 0 saturated heterocycles. The van der Waals surface area contributed by atoms with Gasteiger partial charge in [-0.2, -0.15) is 0 Å². The second-order valence-electron chi connectivity index (χ2n) is 5.80. The van der Waals surface area contributed by atoms with Gasteiger partial charge in [-0.15, -0.1) is 0 Å². The van der Waals surface area contributed by atoms with Crippen LogP contribution >= 0.6 is 0 Å². The average Bonchev–Trinajstić information content (AvgIpc) is 3.25. The molecule has 2 unspecified atom stereocenters. The quantitative estimate of drug-likeness (QED) is 0.848. The van der Waals surface area contributed by atoms with Gasteiger partial charge in [0.15, 0.2) is 0 Å².